The molecule has 1 rings (SSSR count). The normalized spacial score (nSPS) is 9.90. The molecule has 0 amide bonds. The Kier molecular flexibility index (Phi) is 2.34. The van der Waals surface area contributed by atoms with Crippen molar-refractivity contribution in [1.29, 1.82) is 0 Å². The molecule has 0 saturated heterocycles. The average Bonchev–Trinajstić information content (AvgIpc) is 1.95. The van der Waals surface area contributed by atoms with E-state index in [1.807, 2.05) is 6.07 Å². The van der Waals surface area contributed by atoms with Crippen LogP contribution in [0.15, 0.2) is 18.2 Å². The second-order valence-corrected chi connectivity index (χ2v) is 2.76. The average molecular weight is 155 g/mol. The van der Waals surface area contributed by atoms with E-state index in [0.29, 0.717) is 5.88 Å². The summed E-state index contributed by atoms with van der Waals surface area (Å²) in [5.74, 6) is 0.619. The number of hydrogen-bond donors (Lipinski definition) is 0. The van der Waals surface area contributed by atoms with Crippen molar-refractivity contribution < 1.29 is 0 Å². The summed E-state index contributed by atoms with van der Waals surface area (Å²) in [5, 5.41) is 0. The quantitative estimate of drug-likeness (QED) is 0.546. The largest absolute Gasteiger partial charge is 0.122 e. The highest BCUT2D eigenvalue weighted by Gasteiger charge is 1.96. The number of halogens is 1. The van der Waals surface area contributed by atoms with E-state index in [1.54, 1.807) is 0 Å². The lowest BCUT2D eigenvalue weighted by atomic mass is 10.1. The number of alkyl halides is 1. The summed E-state index contributed by atoms with van der Waals surface area (Å²) < 4.78 is 0. The van der Waals surface area contributed by atoms with E-state index >= 15 is 0 Å². The van der Waals surface area contributed by atoms with E-state index in [0.717, 1.165) is 0 Å². The third-order valence-electron chi connectivity index (χ3n) is 1.86. The zero-order valence-electron chi connectivity index (χ0n) is 6.32. The van der Waals surface area contributed by atoms with E-state index in [1.165, 1.54) is 16.7 Å². The van der Waals surface area contributed by atoms with Crippen LogP contribution in [0, 0.1) is 13.8 Å². The Morgan fingerprint density at radius 2 is 2.00 bits per heavy atom. The number of hydrogen-bond acceptors (Lipinski definition) is 0. The van der Waals surface area contributed by atoms with Crippen LogP contribution in [0.2, 0.25) is 0 Å². The molecule has 0 nitrogen and oxygen atoms in total. The van der Waals surface area contributed by atoms with Gasteiger partial charge in [-0.05, 0) is 30.5 Å². The lowest BCUT2D eigenvalue weighted by molar-refractivity contribution is 1.24. The van der Waals surface area contributed by atoms with Gasteiger partial charge in [0.25, 0.3) is 0 Å². The fraction of sp³-hybridized carbons (Fsp3) is 0.333. The topological polar surface area (TPSA) is 0 Å². The molecule has 0 fully saturated rings. The molecule has 0 unspecified atom stereocenters. The predicted molar refractivity (Wildman–Crippen MR) is 45.5 cm³/mol. The molecule has 1 aromatic rings. The number of benzene rings is 1. The van der Waals surface area contributed by atoms with Crippen LogP contribution in [-0.2, 0) is 5.88 Å². The first-order chi connectivity index (χ1) is 4.75. The second-order valence-electron chi connectivity index (χ2n) is 2.49. The van der Waals surface area contributed by atoms with E-state index in [2.05, 4.69) is 26.0 Å². The lowest BCUT2D eigenvalue weighted by Gasteiger charge is -2.03. The van der Waals surface area contributed by atoms with Gasteiger partial charge in [0.1, 0.15) is 0 Å². The molecule has 0 aliphatic carbocycles. The molecule has 0 aliphatic heterocycles. The third kappa shape index (κ3) is 1.32. The smallest absolute Gasteiger partial charge is 0.0476 e. The Labute approximate surface area is 66.8 Å². The Hall–Kier alpha value is -0.490. The van der Waals surface area contributed by atoms with Crippen molar-refractivity contribution in [2.45, 2.75) is 19.7 Å². The van der Waals surface area contributed by atoms with Crippen LogP contribution < -0.4 is 0 Å². The molecular weight excluding hydrogens is 144 g/mol. The summed E-state index contributed by atoms with van der Waals surface area (Å²) in [4.78, 5) is 0. The van der Waals surface area contributed by atoms with Crippen LogP contribution in [0.3, 0.4) is 0 Å². The molecule has 1 heteroatoms. The minimum Gasteiger partial charge on any atom is -0.122 e. The van der Waals surface area contributed by atoms with Gasteiger partial charge in [-0.1, -0.05) is 18.2 Å². The van der Waals surface area contributed by atoms with Crippen LogP contribution in [0.5, 0.6) is 0 Å². The Morgan fingerprint density at radius 1 is 1.30 bits per heavy atom. The van der Waals surface area contributed by atoms with Crippen LogP contribution in [0.1, 0.15) is 16.7 Å². The summed E-state index contributed by atoms with van der Waals surface area (Å²) in [6, 6.07) is 6.21. The zero-order valence-corrected chi connectivity index (χ0v) is 7.07. The van der Waals surface area contributed by atoms with Gasteiger partial charge in [-0.25, -0.2) is 0 Å². The van der Waals surface area contributed by atoms with Crippen molar-refractivity contribution in [2.75, 3.05) is 0 Å². The molecule has 0 aromatic heterocycles. The van der Waals surface area contributed by atoms with Gasteiger partial charge in [0.2, 0.25) is 0 Å². The molecule has 0 N–H and O–H groups in total. The standard InChI is InChI=1S/C9H11Cl/c1-7-4-3-5-9(6-10)8(7)2/h3-5H,6H2,1-2H3. The molecule has 0 bridgehead atoms. The molecular formula is C9H11Cl. The van der Waals surface area contributed by atoms with Gasteiger partial charge < -0.3 is 0 Å². The minimum absolute atomic E-state index is 0.619. The maximum Gasteiger partial charge on any atom is 0.0476 e. The molecule has 0 spiro atoms. The molecule has 0 saturated carbocycles. The van der Waals surface area contributed by atoms with E-state index < -0.39 is 0 Å². The molecule has 54 valence electrons. The molecule has 10 heavy (non-hydrogen) atoms. The predicted octanol–water partition coefficient (Wildman–Crippen LogP) is 3.04. The Bertz CT molecular complexity index is 228. The summed E-state index contributed by atoms with van der Waals surface area (Å²) >= 11 is 5.70. The monoisotopic (exact) mass is 154 g/mol. The molecule has 0 radical (unpaired) electrons. The molecule has 0 heterocycles. The summed E-state index contributed by atoms with van der Waals surface area (Å²) in [6.45, 7) is 4.21. The highest BCUT2D eigenvalue weighted by Crippen LogP contribution is 2.13. The van der Waals surface area contributed by atoms with Gasteiger partial charge >= 0.3 is 0 Å². The van der Waals surface area contributed by atoms with E-state index in [4.69, 9.17) is 11.6 Å². The third-order valence-corrected chi connectivity index (χ3v) is 2.15. The van der Waals surface area contributed by atoms with Crippen molar-refractivity contribution in [2.24, 2.45) is 0 Å². The molecule has 1 aromatic carbocycles. The molecule has 0 atom stereocenters. The second kappa shape index (κ2) is 3.07. The highest BCUT2D eigenvalue weighted by atomic mass is 35.5. The van der Waals surface area contributed by atoms with Crippen LogP contribution >= 0.6 is 11.6 Å². The summed E-state index contributed by atoms with van der Waals surface area (Å²) in [7, 11) is 0. The van der Waals surface area contributed by atoms with Gasteiger partial charge in [-0.15, -0.1) is 11.6 Å². The lowest BCUT2D eigenvalue weighted by Crippen LogP contribution is -1.86. The van der Waals surface area contributed by atoms with Crippen molar-refractivity contribution in [3.05, 3.63) is 34.9 Å². The van der Waals surface area contributed by atoms with E-state index in [-0.39, 0.29) is 0 Å². The fourth-order valence-electron chi connectivity index (χ4n) is 0.957. The zero-order chi connectivity index (χ0) is 7.56. The van der Waals surface area contributed by atoms with Gasteiger partial charge in [0.15, 0.2) is 0 Å². The van der Waals surface area contributed by atoms with Crippen molar-refractivity contribution in [1.82, 2.24) is 0 Å². The number of aryl methyl sites for hydroxylation is 1. The van der Waals surface area contributed by atoms with Gasteiger partial charge in [-0.2, -0.15) is 0 Å². The van der Waals surface area contributed by atoms with Gasteiger partial charge in [0, 0.05) is 5.88 Å². The van der Waals surface area contributed by atoms with Crippen LogP contribution in [0.4, 0.5) is 0 Å². The number of rotatable bonds is 1. The van der Waals surface area contributed by atoms with Crippen molar-refractivity contribution in [3.63, 3.8) is 0 Å². The molecule has 0 aliphatic rings. The Morgan fingerprint density at radius 3 is 2.50 bits per heavy atom. The van der Waals surface area contributed by atoms with E-state index in [9.17, 15) is 0 Å². The first kappa shape index (κ1) is 7.62. The Balaban J connectivity index is 3.14. The first-order valence-electron chi connectivity index (χ1n) is 3.36. The van der Waals surface area contributed by atoms with Gasteiger partial charge in [-0.3, -0.25) is 0 Å². The summed E-state index contributed by atoms with van der Waals surface area (Å²) in [6.07, 6.45) is 0. The van der Waals surface area contributed by atoms with Gasteiger partial charge in [0.05, 0.1) is 0 Å². The first-order valence-corrected chi connectivity index (χ1v) is 3.90. The summed E-state index contributed by atoms with van der Waals surface area (Å²) in [5.41, 5.74) is 3.87. The minimum atomic E-state index is 0.619. The van der Waals surface area contributed by atoms with Crippen LogP contribution in [0.25, 0.3) is 0 Å². The SMILES string of the molecule is Cc1cccc(CCl)c1C. The fourth-order valence-corrected chi connectivity index (χ4v) is 1.25. The highest BCUT2D eigenvalue weighted by molar-refractivity contribution is 6.17. The van der Waals surface area contributed by atoms with Crippen LogP contribution in [-0.4, -0.2) is 0 Å². The van der Waals surface area contributed by atoms with Crippen molar-refractivity contribution >= 4 is 11.6 Å². The maximum atomic E-state index is 5.70. The van der Waals surface area contributed by atoms with Crippen molar-refractivity contribution in [3.8, 4) is 0 Å². The maximum absolute atomic E-state index is 5.70.